The van der Waals surface area contributed by atoms with Crippen LogP contribution >= 0.6 is 35.7 Å². The number of halogens is 3. The summed E-state index contributed by atoms with van der Waals surface area (Å²) in [4.78, 5) is 4.47. The topological polar surface area (TPSA) is 36.4 Å². The van der Waals surface area contributed by atoms with Crippen LogP contribution < -0.4 is 10.6 Å². The Kier molecular flexibility index (Phi) is 10.8. The zero-order valence-corrected chi connectivity index (χ0v) is 16.5. The van der Waals surface area contributed by atoms with E-state index in [1.165, 1.54) is 12.1 Å². The van der Waals surface area contributed by atoms with E-state index in [1.54, 1.807) is 11.8 Å². The molecule has 0 aliphatic heterocycles. The molecular formula is C15H24F2IN3S. The maximum absolute atomic E-state index is 13.8. The Morgan fingerprint density at radius 2 is 2.00 bits per heavy atom. The Morgan fingerprint density at radius 1 is 1.32 bits per heavy atom. The molecule has 0 heterocycles. The second-order valence-corrected chi connectivity index (χ2v) is 6.07. The van der Waals surface area contributed by atoms with Crippen LogP contribution in [-0.2, 0) is 0 Å². The fraction of sp³-hybridized carbons (Fsp3) is 0.533. The summed E-state index contributed by atoms with van der Waals surface area (Å²) in [5.41, 5.74) is 0.417. The van der Waals surface area contributed by atoms with Crippen molar-refractivity contribution in [1.82, 2.24) is 10.6 Å². The molecule has 2 unspecified atom stereocenters. The van der Waals surface area contributed by atoms with Gasteiger partial charge in [-0.15, -0.1) is 24.0 Å². The third-order valence-corrected chi connectivity index (χ3v) is 3.99. The highest BCUT2D eigenvalue weighted by atomic mass is 127. The summed E-state index contributed by atoms with van der Waals surface area (Å²) in [5, 5.41) is 6.68. The number of thioether (sulfide) groups is 1. The fourth-order valence-electron chi connectivity index (χ4n) is 1.75. The van der Waals surface area contributed by atoms with Crippen molar-refractivity contribution in [3.63, 3.8) is 0 Å². The molecule has 2 N–H and O–H groups in total. The van der Waals surface area contributed by atoms with Crippen molar-refractivity contribution in [1.29, 1.82) is 0 Å². The Balaban J connectivity index is 0.00000441. The zero-order chi connectivity index (χ0) is 15.8. The standard InChI is InChI=1S/C15H23F2N3S.HI/c1-5-18-15(19-9-10(2)21-4)20-11(3)13-7-6-12(16)8-14(13)17;/h6-8,10-11H,5,9H2,1-4H3,(H2,18,19,20);1H. The molecule has 22 heavy (non-hydrogen) atoms. The number of hydrogen-bond donors (Lipinski definition) is 2. The van der Waals surface area contributed by atoms with Crippen LogP contribution in [0.1, 0.15) is 32.4 Å². The van der Waals surface area contributed by atoms with E-state index in [0.717, 1.165) is 12.6 Å². The second kappa shape index (κ2) is 11.0. The fourth-order valence-corrected chi connectivity index (χ4v) is 1.97. The summed E-state index contributed by atoms with van der Waals surface area (Å²) in [5.74, 6) is -0.490. The molecule has 0 amide bonds. The molecule has 0 radical (unpaired) electrons. The van der Waals surface area contributed by atoms with Gasteiger partial charge < -0.3 is 10.6 Å². The number of rotatable bonds is 6. The molecule has 1 aromatic carbocycles. The van der Waals surface area contributed by atoms with Gasteiger partial charge in [0.15, 0.2) is 5.96 Å². The third-order valence-electron chi connectivity index (χ3n) is 3.04. The minimum atomic E-state index is -0.571. The summed E-state index contributed by atoms with van der Waals surface area (Å²) in [7, 11) is 0. The van der Waals surface area contributed by atoms with E-state index in [-0.39, 0.29) is 30.0 Å². The highest BCUT2D eigenvalue weighted by molar-refractivity contribution is 14.0. The Hall–Kier alpha value is -0.570. The van der Waals surface area contributed by atoms with E-state index in [0.29, 0.717) is 23.3 Å². The third kappa shape index (κ3) is 7.13. The molecule has 3 nitrogen and oxygen atoms in total. The van der Waals surface area contributed by atoms with Gasteiger partial charge in [-0.05, 0) is 26.2 Å². The van der Waals surface area contributed by atoms with Crippen LogP contribution in [-0.4, -0.2) is 30.6 Å². The Labute approximate surface area is 152 Å². The van der Waals surface area contributed by atoms with Crippen LogP contribution in [0.3, 0.4) is 0 Å². The lowest BCUT2D eigenvalue weighted by Crippen LogP contribution is -2.39. The number of nitrogens with zero attached hydrogens (tertiary/aromatic N) is 1. The van der Waals surface area contributed by atoms with Crippen LogP contribution in [0.2, 0.25) is 0 Å². The van der Waals surface area contributed by atoms with Crippen molar-refractivity contribution in [2.75, 3.05) is 19.3 Å². The molecule has 0 aliphatic rings. The first kappa shape index (κ1) is 21.4. The monoisotopic (exact) mass is 443 g/mol. The molecule has 2 atom stereocenters. The van der Waals surface area contributed by atoms with Gasteiger partial charge in [0, 0.05) is 23.4 Å². The van der Waals surface area contributed by atoms with Crippen LogP contribution in [0.15, 0.2) is 23.2 Å². The minimum absolute atomic E-state index is 0. The number of hydrogen-bond acceptors (Lipinski definition) is 2. The van der Waals surface area contributed by atoms with Crippen molar-refractivity contribution in [3.05, 3.63) is 35.4 Å². The molecule has 0 aliphatic carbocycles. The van der Waals surface area contributed by atoms with Crippen LogP contribution in [0.5, 0.6) is 0 Å². The average Bonchev–Trinajstić information content (AvgIpc) is 2.44. The van der Waals surface area contributed by atoms with Gasteiger partial charge in [-0.1, -0.05) is 13.0 Å². The van der Waals surface area contributed by atoms with E-state index in [4.69, 9.17) is 0 Å². The molecule has 1 aromatic rings. The molecule has 0 saturated carbocycles. The van der Waals surface area contributed by atoms with Crippen molar-refractivity contribution >= 4 is 41.7 Å². The van der Waals surface area contributed by atoms with Gasteiger partial charge in [-0.3, -0.25) is 4.99 Å². The van der Waals surface area contributed by atoms with Gasteiger partial charge >= 0.3 is 0 Å². The smallest absolute Gasteiger partial charge is 0.191 e. The summed E-state index contributed by atoms with van der Waals surface area (Å²) >= 11 is 1.74. The second-order valence-electron chi connectivity index (χ2n) is 4.80. The Bertz CT molecular complexity index is 486. The average molecular weight is 443 g/mol. The highest BCUT2D eigenvalue weighted by Crippen LogP contribution is 2.17. The molecule has 0 fully saturated rings. The first-order chi connectivity index (χ1) is 9.97. The van der Waals surface area contributed by atoms with Crippen LogP contribution in [0, 0.1) is 11.6 Å². The maximum Gasteiger partial charge on any atom is 0.191 e. The molecule has 126 valence electrons. The maximum atomic E-state index is 13.8. The van der Waals surface area contributed by atoms with Crippen molar-refractivity contribution in [2.24, 2.45) is 4.99 Å². The summed E-state index contributed by atoms with van der Waals surface area (Å²) < 4.78 is 26.7. The highest BCUT2D eigenvalue weighted by Gasteiger charge is 2.13. The van der Waals surface area contributed by atoms with Crippen molar-refractivity contribution < 1.29 is 8.78 Å². The van der Waals surface area contributed by atoms with Gasteiger partial charge in [0.05, 0.1) is 12.6 Å². The Morgan fingerprint density at radius 3 is 2.55 bits per heavy atom. The van der Waals surface area contributed by atoms with E-state index >= 15 is 0 Å². The summed E-state index contributed by atoms with van der Waals surface area (Å²) in [6.07, 6.45) is 2.04. The largest absolute Gasteiger partial charge is 0.357 e. The van der Waals surface area contributed by atoms with E-state index < -0.39 is 11.6 Å². The number of nitrogens with one attached hydrogen (secondary N) is 2. The lowest BCUT2D eigenvalue weighted by atomic mass is 10.1. The number of guanidine groups is 1. The van der Waals surface area contributed by atoms with E-state index in [2.05, 4.69) is 22.5 Å². The first-order valence-electron chi connectivity index (χ1n) is 7.00. The first-order valence-corrected chi connectivity index (χ1v) is 8.29. The predicted octanol–water partition coefficient (Wildman–Crippen LogP) is 3.95. The molecular weight excluding hydrogens is 419 g/mol. The lowest BCUT2D eigenvalue weighted by Gasteiger charge is -2.19. The van der Waals surface area contributed by atoms with Crippen LogP contribution in [0.25, 0.3) is 0 Å². The predicted molar refractivity (Wildman–Crippen MR) is 102 cm³/mol. The zero-order valence-electron chi connectivity index (χ0n) is 13.3. The summed E-state index contributed by atoms with van der Waals surface area (Å²) in [6.45, 7) is 7.29. The quantitative estimate of drug-likeness (QED) is 0.397. The van der Waals surface area contributed by atoms with Gasteiger partial charge in [0.1, 0.15) is 11.6 Å². The lowest BCUT2D eigenvalue weighted by molar-refractivity contribution is 0.551. The number of benzene rings is 1. The molecule has 0 aromatic heterocycles. The van der Waals surface area contributed by atoms with Crippen molar-refractivity contribution in [2.45, 2.75) is 32.1 Å². The van der Waals surface area contributed by atoms with Crippen LogP contribution in [0.4, 0.5) is 8.78 Å². The van der Waals surface area contributed by atoms with Gasteiger partial charge in [0.2, 0.25) is 0 Å². The SMILES string of the molecule is CCNC(=NCC(C)SC)NC(C)c1ccc(F)cc1F.I. The molecule has 0 bridgehead atoms. The van der Waals surface area contributed by atoms with Crippen molar-refractivity contribution in [3.8, 4) is 0 Å². The number of aliphatic imine (C=N–C) groups is 1. The van der Waals surface area contributed by atoms with Gasteiger partial charge in [0.25, 0.3) is 0 Å². The normalized spacial score (nSPS) is 14.0. The van der Waals surface area contributed by atoms with E-state index in [9.17, 15) is 8.78 Å². The van der Waals surface area contributed by atoms with Gasteiger partial charge in [-0.25, -0.2) is 8.78 Å². The molecule has 1 rings (SSSR count). The molecule has 0 saturated heterocycles. The minimum Gasteiger partial charge on any atom is -0.357 e. The molecule has 0 spiro atoms. The van der Waals surface area contributed by atoms with E-state index in [1.807, 2.05) is 20.1 Å². The molecule has 7 heteroatoms. The van der Waals surface area contributed by atoms with Gasteiger partial charge in [-0.2, -0.15) is 11.8 Å². The summed E-state index contributed by atoms with van der Waals surface area (Å²) in [6, 6.07) is 3.31.